The molecule has 1 aliphatic rings. The molecule has 3 rings (SSSR count). The van der Waals surface area contributed by atoms with Gasteiger partial charge < -0.3 is 19.1 Å². The maximum atomic E-state index is 13.0. The number of amides is 1. The van der Waals surface area contributed by atoms with E-state index in [1.165, 1.54) is 0 Å². The van der Waals surface area contributed by atoms with Crippen molar-refractivity contribution in [1.82, 2.24) is 9.88 Å². The largest absolute Gasteiger partial charge is 0.486 e. The second-order valence-corrected chi connectivity index (χ2v) is 5.79. The molecule has 0 spiro atoms. The highest BCUT2D eigenvalue weighted by Gasteiger charge is 2.19. The second kappa shape index (κ2) is 8.48. The number of carbonyl (C=O) groups is 1. The summed E-state index contributed by atoms with van der Waals surface area (Å²) in [6.07, 6.45) is 4.24. The third kappa shape index (κ3) is 4.48. The van der Waals surface area contributed by atoms with Crippen LogP contribution in [0.15, 0.2) is 42.7 Å². The molecule has 0 fully saturated rings. The van der Waals surface area contributed by atoms with Gasteiger partial charge in [-0.1, -0.05) is 0 Å². The number of rotatable bonds is 7. The molecule has 0 radical (unpaired) electrons. The monoisotopic (exact) mass is 342 g/mol. The van der Waals surface area contributed by atoms with Gasteiger partial charge in [-0.05, 0) is 42.3 Å². The van der Waals surface area contributed by atoms with Gasteiger partial charge in [0.25, 0.3) is 5.91 Å². The number of methoxy groups -OCH3 is 1. The van der Waals surface area contributed by atoms with Gasteiger partial charge in [-0.2, -0.15) is 0 Å². The molecule has 0 bridgehead atoms. The molecule has 0 saturated heterocycles. The third-order valence-corrected chi connectivity index (χ3v) is 3.98. The Labute approximate surface area is 147 Å². The number of hydrogen-bond donors (Lipinski definition) is 0. The van der Waals surface area contributed by atoms with E-state index in [0.717, 1.165) is 12.0 Å². The molecule has 25 heavy (non-hydrogen) atoms. The normalized spacial score (nSPS) is 12.7. The van der Waals surface area contributed by atoms with Crippen molar-refractivity contribution in [3.63, 3.8) is 0 Å². The maximum absolute atomic E-state index is 13.0. The number of carbonyl (C=O) groups excluding carboxylic acids is 1. The molecule has 1 aromatic carbocycles. The summed E-state index contributed by atoms with van der Waals surface area (Å²) in [5.74, 6) is 1.27. The first-order valence-electron chi connectivity index (χ1n) is 8.34. The fourth-order valence-corrected chi connectivity index (χ4v) is 2.72. The topological polar surface area (TPSA) is 60.9 Å². The van der Waals surface area contributed by atoms with Crippen LogP contribution in [0, 0.1) is 0 Å². The first kappa shape index (κ1) is 17.2. The quantitative estimate of drug-likeness (QED) is 0.724. The predicted octanol–water partition coefficient (Wildman–Crippen LogP) is 2.53. The summed E-state index contributed by atoms with van der Waals surface area (Å²) >= 11 is 0. The molecule has 2 aromatic rings. The number of ether oxygens (including phenoxy) is 3. The van der Waals surface area contributed by atoms with Gasteiger partial charge in [0.2, 0.25) is 0 Å². The molecule has 6 nitrogen and oxygen atoms in total. The number of pyridine rings is 1. The SMILES string of the molecule is COCCCN(Cc1ccncc1)C(=O)c1ccc2c(c1)OCCO2. The third-order valence-electron chi connectivity index (χ3n) is 3.98. The molecule has 6 heteroatoms. The van der Waals surface area contributed by atoms with Crippen LogP contribution in [0.1, 0.15) is 22.3 Å². The summed E-state index contributed by atoms with van der Waals surface area (Å²) in [7, 11) is 1.66. The summed E-state index contributed by atoms with van der Waals surface area (Å²) in [4.78, 5) is 18.8. The number of fused-ring (bicyclic) bond motifs is 1. The molecule has 1 aromatic heterocycles. The van der Waals surface area contributed by atoms with Crippen LogP contribution in [-0.2, 0) is 11.3 Å². The highest BCUT2D eigenvalue weighted by Crippen LogP contribution is 2.31. The average molecular weight is 342 g/mol. The van der Waals surface area contributed by atoms with Gasteiger partial charge in [0, 0.05) is 44.8 Å². The van der Waals surface area contributed by atoms with Gasteiger partial charge in [0.1, 0.15) is 13.2 Å². The lowest BCUT2D eigenvalue weighted by Gasteiger charge is -2.24. The molecule has 0 saturated carbocycles. The van der Waals surface area contributed by atoms with Crippen molar-refractivity contribution in [2.45, 2.75) is 13.0 Å². The number of hydrogen-bond acceptors (Lipinski definition) is 5. The molecule has 0 unspecified atom stereocenters. The molecule has 1 amide bonds. The van der Waals surface area contributed by atoms with Gasteiger partial charge in [0.15, 0.2) is 11.5 Å². The second-order valence-electron chi connectivity index (χ2n) is 5.79. The summed E-state index contributed by atoms with van der Waals surface area (Å²) < 4.78 is 16.2. The van der Waals surface area contributed by atoms with Gasteiger partial charge >= 0.3 is 0 Å². The Morgan fingerprint density at radius 1 is 1.16 bits per heavy atom. The van der Waals surface area contributed by atoms with Crippen LogP contribution in [0.2, 0.25) is 0 Å². The van der Waals surface area contributed by atoms with Gasteiger partial charge in [-0.15, -0.1) is 0 Å². The van der Waals surface area contributed by atoms with Crippen molar-refractivity contribution in [3.05, 3.63) is 53.9 Å². The van der Waals surface area contributed by atoms with Crippen LogP contribution in [0.3, 0.4) is 0 Å². The molecular formula is C19H22N2O4. The van der Waals surface area contributed by atoms with Crippen LogP contribution in [-0.4, -0.2) is 49.3 Å². The van der Waals surface area contributed by atoms with Crippen LogP contribution in [0.4, 0.5) is 0 Å². The van der Waals surface area contributed by atoms with E-state index in [0.29, 0.717) is 50.0 Å². The van der Waals surface area contributed by atoms with Crippen LogP contribution < -0.4 is 9.47 Å². The predicted molar refractivity (Wildman–Crippen MR) is 92.9 cm³/mol. The molecule has 0 atom stereocenters. The van der Waals surface area contributed by atoms with Crippen molar-refractivity contribution < 1.29 is 19.0 Å². The summed E-state index contributed by atoms with van der Waals surface area (Å²) in [5, 5.41) is 0. The standard InChI is InChI=1S/C19H22N2O4/c1-23-10-2-9-21(14-15-5-7-20-8-6-15)19(22)16-3-4-17-18(13-16)25-12-11-24-17/h3-8,13H,2,9-12,14H2,1H3. The Bertz CT molecular complexity index is 706. The van der Waals surface area contributed by atoms with Crippen molar-refractivity contribution in [3.8, 4) is 11.5 Å². The Balaban J connectivity index is 1.77. The molecule has 1 aliphatic heterocycles. The maximum Gasteiger partial charge on any atom is 0.254 e. The Morgan fingerprint density at radius 3 is 2.68 bits per heavy atom. The minimum absolute atomic E-state index is 0.0371. The van der Waals surface area contributed by atoms with E-state index in [1.807, 2.05) is 17.0 Å². The number of nitrogens with zero attached hydrogens (tertiary/aromatic N) is 2. The lowest BCUT2D eigenvalue weighted by atomic mass is 10.1. The molecular weight excluding hydrogens is 320 g/mol. The van der Waals surface area contributed by atoms with Crippen molar-refractivity contribution in [2.75, 3.05) is 33.5 Å². The lowest BCUT2D eigenvalue weighted by molar-refractivity contribution is 0.0722. The Kier molecular flexibility index (Phi) is 5.85. The molecule has 132 valence electrons. The molecule has 0 aliphatic carbocycles. The zero-order valence-electron chi connectivity index (χ0n) is 14.3. The zero-order valence-corrected chi connectivity index (χ0v) is 14.3. The fraction of sp³-hybridized carbons (Fsp3) is 0.368. The van der Waals surface area contributed by atoms with E-state index in [4.69, 9.17) is 14.2 Å². The van der Waals surface area contributed by atoms with Gasteiger partial charge in [-0.25, -0.2) is 0 Å². The zero-order chi connectivity index (χ0) is 17.5. The fourth-order valence-electron chi connectivity index (χ4n) is 2.72. The van der Waals surface area contributed by atoms with E-state index < -0.39 is 0 Å². The van der Waals surface area contributed by atoms with Crippen molar-refractivity contribution in [1.29, 1.82) is 0 Å². The Morgan fingerprint density at radius 2 is 1.92 bits per heavy atom. The Hall–Kier alpha value is -2.60. The first-order chi connectivity index (χ1) is 12.3. The highest BCUT2D eigenvalue weighted by atomic mass is 16.6. The van der Waals surface area contributed by atoms with E-state index in [9.17, 15) is 4.79 Å². The lowest BCUT2D eigenvalue weighted by Crippen LogP contribution is -2.32. The number of benzene rings is 1. The van der Waals surface area contributed by atoms with E-state index >= 15 is 0 Å². The summed E-state index contributed by atoms with van der Waals surface area (Å²) in [6.45, 7) is 2.79. The van der Waals surface area contributed by atoms with Crippen molar-refractivity contribution >= 4 is 5.91 Å². The van der Waals surface area contributed by atoms with Crippen molar-refractivity contribution in [2.24, 2.45) is 0 Å². The minimum Gasteiger partial charge on any atom is -0.486 e. The van der Waals surface area contributed by atoms with E-state index in [2.05, 4.69) is 4.98 Å². The summed E-state index contributed by atoms with van der Waals surface area (Å²) in [5.41, 5.74) is 1.63. The smallest absolute Gasteiger partial charge is 0.254 e. The average Bonchev–Trinajstić information content (AvgIpc) is 2.67. The highest BCUT2D eigenvalue weighted by molar-refractivity contribution is 5.95. The van der Waals surface area contributed by atoms with Crippen LogP contribution in [0.5, 0.6) is 11.5 Å². The minimum atomic E-state index is -0.0371. The van der Waals surface area contributed by atoms with Crippen LogP contribution >= 0.6 is 0 Å². The number of aromatic nitrogens is 1. The summed E-state index contributed by atoms with van der Waals surface area (Å²) in [6, 6.07) is 9.17. The molecule has 2 heterocycles. The van der Waals surface area contributed by atoms with Crippen LogP contribution in [0.25, 0.3) is 0 Å². The first-order valence-corrected chi connectivity index (χ1v) is 8.34. The van der Waals surface area contributed by atoms with Gasteiger partial charge in [-0.3, -0.25) is 9.78 Å². The van der Waals surface area contributed by atoms with Gasteiger partial charge in [0.05, 0.1) is 0 Å². The van der Waals surface area contributed by atoms with E-state index in [-0.39, 0.29) is 5.91 Å². The molecule has 0 N–H and O–H groups in total. The van der Waals surface area contributed by atoms with E-state index in [1.54, 1.807) is 37.7 Å².